The summed E-state index contributed by atoms with van der Waals surface area (Å²) in [6, 6.07) is 3.97. The molecule has 1 unspecified atom stereocenters. The minimum atomic E-state index is -3.68. The number of nitrogens with two attached hydrogens (primary N) is 1. The largest absolute Gasteiger partial charge is 0.465 e. The van der Waals surface area contributed by atoms with Gasteiger partial charge in [0.25, 0.3) is 0 Å². The van der Waals surface area contributed by atoms with Crippen LogP contribution < -0.4 is 10.5 Å². The van der Waals surface area contributed by atoms with Gasteiger partial charge in [-0.2, -0.15) is 11.8 Å². The lowest BCUT2D eigenvalue weighted by molar-refractivity contribution is 0.0600. The van der Waals surface area contributed by atoms with Crippen molar-refractivity contribution in [1.29, 1.82) is 0 Å². The highest BCUT2D eigenvalue weighted by atomic mass is 32.2. The Balaban J connectivity index is 2.21. The van der Waals surface area contributed by atoms with Gasteiger partial charge in [-0.3, -0.25) is 0 Å². The van der Waals surface area contributed by atoms with Crippen molar-refractivity contribution in [3.8, 4) is 0 Å². The lowest BCUT2D eigenvalue weighted by atomic mass is 10.2. The molecule has 0 spiro atoms. The quantitative estimate of drug-likeness (QED) is 0.636. The van der Waals surface area contributed by atoms with E-state index in [9.17, 15) is 13.2 Å². The molecule has 0 aliphatic carbocycles. The fourth-order valence-corrected chi connectivity index (χ4v) is 4.72. The molecule has 1 aliphatic rings. The lowest BCUT2D eigenvalue weighted by Crippen LogP contribution is -2.38. The number of sulfonamides is 1. The Morgan fingerprint density at radius 3 is 2.81 bits per heavy atom. The fraction of sp³-hybridized carbons (Fsp3) is 0.462. The van der Waals surface area contributed by atoms with Gasteiger partial charge in [0.1, 0.15) is 4.90 Å². The van der Waals surface area contributed by atoms with E-state index < -0.39 is 16.0 Å². The molecule has 2 rings (SSSR count). The third-order valence-corrected chi connectivity index (χ3v) is 6.01. The Kier molecular flexibility index (Phi) is 5.13. The number of esters is 1. The van der Waals surface area contributed by atoms with E-state index in [0.717, 1.165) is 24.3 Å². The summed E-state index contributed by atoms with van der Waals surface area (Å²) in [6.07, 6.45) is 1.82. The topological polar surface area (TPSA) is 98.5 Å². The number of hydrogen-bond acceptors (Lipinski definition) is 6. The summed E-state index contributed by atoms with van der Waals surface area (Å²) >= 11 is 1.73. The zero-order valence-electron chi connectivity index (χ0n) is 11.7. The number of methoxy groups -OCH3 is 1. The maximum Gasteiger partial charge on any atom is 0.337 e. The molecule has 0 aromatic heterocycles. The van der Waals surface area contributed by atoms with E-state index in [1.54, 1.807) is 11.8 Å². The summed E-state index contributed by atoms with van der Waals surface area (Å²) in [6.45, 7) is 0. The van der Waals surface area contributed by atoms with Crippen LogP contribution in [0.4, 0.5) is 5.69 Å². The fourth-order valence-electron chi connectivity index (χ4n) is 2.15. The van der Waals surface area contributed by atoms with Crippen LogP contribution in [0.2, 0.25) is 0 Å². The van der Waals surface area contributed by atoms with E-state index in [1.807, 2.05) is 0 Å². The summed E-state index contributed by atoms with van der Waals surface area (Å²) < 4.78 is 32.0. The maximum atomic E-state index is 12.4. The van der Waals surface area contributed by atoms with E-state index >= 15 is 0 Å². The second kappa shape index (κ2) is 6.67. The molecule has 0 amide bonds. The number of carbonyl (C=O) groups is 1. The highest BCUT2D eigenvalue weighted by molar-refractivity contribution is 7.99. The molecule has 1 aromatic rings. The number of rotatable bonds is 4. The van der Waals surface area contributed by atoms with Crippen LogP contribution in [0.15, 0.2) is 23.1 Å². The number of anilines is 1. The Morgan fingerprint density at radius 2 is 2.24 bits per heavy atom. The third kappa shape index (κ3) is 3.90. The van der Waals surface area contributed by atoms with Gasteiger partial charge in [0, 0.05) is 11.8 Å². The number of nitrogen functional groups attached to an aromatic ring is 1. The van der Waals surface area contributed by atoms with Gasteiger partial charge < -0.3 is 10.5 Å². The van der Waals surface area contributed by atoms with Crippen LogP contribution in [0.25, 0.3) is 0 Å². The molecule has 116 valence electrons. The molecule has 1 saturated heterocycles. The maximum absolute atomic E-state index is 12.4. The van der Waals surface area contributed by atoms with E-state index in [2.05, 4.69) is 9.46 Å². The van der Waals surface area contributed by atoms with Crippen molar-refractivity contribution in [2.75, 3.05) is 24.3 Å². The molecule has 8 heteroatoms. The summed E-state index contributed by atoms with van der Waals surface area (Å²) in [4.78, 5) is 11.4. The van der Waals surface area contributed by atoms with E-state index in [4.69, 9.17) is 5.73 Å². The van der Waals surface area contributed by atoms with Crippen molar-refractivity contribution >= 4 is 33.4 Å². The third-order valence-electron chi connectivity index (χ3n) is 3.20. The molecular formula is C13H18N2O4S2. The standard InChI is InChI=1S/C13H18N2O4S2/c1-19-13(16)9-4-5-12(11(14)7-9)21(17,18)15-10-3-2-6-20-8-10/h4-5,7,10,15H,2-3,6,8,14H2,1H3. The van der Waals surface area contributed by atoms with E-state index in [0.29, 0.717) is 0 Å². The first-order valence-electron chi connectivity index (χ1n) is 6.52. The average Bonchev–Trinajstić information content (AvgIpc) is 2.46. The molecular weight excluding hydrogens is 312 g/mol. The van der Waals surface area contributed by atoms with Gasteiger partial charge >= 0.3 is 5.97 Å². The number of ether oxygens (including phenoxy) is 1. The summed E-state index contributed by atoms with van der Waals surface area (Å²) in [7, 11) is -2.42. The molecule has 0 bridgehead atoms. The van der Waals surface area contributed by atoms with Gasteiger partial charge in [0.05, 0.1) is 18.4 Å². The van der Waals surface area contributed by atoms with E-state index in [1.165, 1.54) is 25.3 Å². The smallest absolute Gasteiger partial charge is 0.337 e. The Labute approximate surface area is 128 Å². The zero-order chi connectivity index (χ0) is 15.5. The van der Waals surface area contributed by atoms with Gasteiger partial charge in [0.2, 0.25) is 10.0 Å². The second-order valence-electron chi connectivity index (χ2n) is 4.78. The van der Waals surface area contributed by atoms with Gasteiger partial charge in [0.15, 0.2) is 0 Å². The molecule has 0 saturated carbocycles. The zero-order valence-corrected chi connectivity index (χ0v) is 13.3. The van der Waals surface area contributed by atoms with Crippen molar-refractivity contribution in [3.63, 3.8) is 0 Å². The Bertz CT molecular complexity index is 625. The molecule has 1 aliphatic heterocycles. The second-order valence-corrected chi connectivity index (χ2v) is 7.61. The van der Waals surface area contributed by atoms with Crippen molar-refractivity contribution in [1.82, 2.24) is 4.72 Å². The predicted molar refractivity (Wildman–Crippen MR) is 82.9 cm³/mol. The van der Waals surface area contributed by atoms with Crippen LogP contribution in [-0.4, -0.2) is 39.0 Å². The van der Waals surface area contributed by atoms with Gasteiger partial charge in [-0.25, -0.2) is 17.9 Å². The average molecular weight is 330 g/mol. The van der Waals surface area contributed by atoms with E-state index in [-0.39, 0.29) is 22.2 Å². The molecule has 0 radical (unpaired) electrons. The van der Waals surface area contributed by atoms with Gasteiger partial charge in [-0.05, 0) is 36.8 Å². The summed E-state index contributed by atoms with van der Waals surface area (Å²) in [5.74, 6) is 1.27. The molecule has 3 N–H and O–H groups in total. The molecule has 1 heterocycles. The minimum Gasteiger partial charge on any atom is -0.465 e. The predicted octanol–water partition coefficient (Wildman–Crippen LogP) is 1.23. The summed E-state index contributed by atoms with van der Waals surface area (Å²) in [5.41, 5.74) is 6.03. The van der Waals surface area contributed by atoms with Crippen LogP contribution >= 0.6 is 11.8 Å². The number of benzene rings is 1. The van der Waals surface area contributed by atoms with Crippen molar-refractivity contribution in [3.05, 3.63) is 23.8 Å². The Morgan fingerprint density at radius 1 is 1.48 bits per heavy atom. The highest BCUT2D eigenvalue weighted by Gasteiger charge is 2.24. The minimum absolute atomic E-state index is 0.00859. The lowest BCUT2D eigenvalue weighted by Gasteiger charge is -2.22. The van der Waals surface area contributed by atoms with Crippen LogP contribution in [0.5, 0.6) is 0 Å². The molecule has 21 heavy (non-hydrogen) atoms. The number of carbonyl (C=O) groups excluding carboxylic acids is 1. The molecule has 1 atom stereocenters. The van der Waals surface area contributed by atoms with Crippen LogP contribution in [0, 0.1) is 0 Å². The number of nitrogens with one attached hydrogen (secondary N) is 1. The van der Waals surface area contributed by atoms with Crippen LogP contribution in [0.3, 0.4) is 0 Å². The normalized spacial score (nSPS) is 19.2. The first kappa shape index (κ1) is 16.1. The van der Waals surface area contributed by atoms with Crippen molar-refractivity contribution in [2.24, 2.45) is 0 Å². The monoisotopic (exact) mass is 330 g/mol. The molecule has 6 nitrogen and oxygen atoms in total. The van der Waals surface area contributed by atoms with Crippen LogP contribution in [-0.2, 0) is 14.8 Å². The van der Waals surface area contributed by atoms with Crippen LogP contribution in [0.1, 0.15) is 23.2 Å². The highest BCUT2D eigenvalue weighted by Crippen LogP contribution is 2.23. The number of hydrogen-bond donors (Lipinski definition) is 2. The van der Waals surface area contributed by atoms with Crippen molar-refractivity contribution in [2.45, 2.75) is 23.8 Å². The molecule has 1 fully saturated rings. The van der Waals surface area contributed by atoms with Gasteiger partial charge in [-0.15, -0.1) is 0 Å². The summed E-state index contributed by atoms with van der Waals surface area (Å²) in [5, 5.41) is 0. The van der Waals surface area contributed by atoms with Crippen molar-refractivity contribution < 1.29 is 17.9 Å². The first-order chi connectivity index (χ1) is 9.94. The number of thioether (sulfide) groups is 1. The SMILES string of the molecule is COC(=O)c1ccc(S(=O)(=O)NC2CCCSC2)c(N)c1. The van der Waals surface area contributed by atoms with Gasteiger partial charge in [-0.1, -0.05) is 0 Å². The Hall–Kier alpha value is -1.25. The molecule has 1 aromatic carbocycles. The first-order valence-corrected chi connectivity index (χ1v) is 9.16.